The third-order valence-corrected chi connectivity index (χ3v) is 3.05. The zero-order valence-electron chi connectivity index (χ0n) is 12.4. The van der Waals surface area contributed by atoms with Crippen LogP contribution in [0.1, 0.15) is 12.5 Å². The Hall–Kier alpha value is -2.76. The third-order valence-electron chi connectivity index (χ3n) is 3.05. The quantitative estimate of drug-likeness (QED) is 0.862. The number of halogens is 2. The Bertz CT molecular complexity index is 684. The highest BCUT2D eigenvalue weighted by molar-refractivity contribution is 5.95. The summed E-state index contributed by atoms with van der Waals surface area (Å²) < 4.78 is 30.6. The van der Waals surface area contributed by atoms with Crippen LogP contribution in [-0.4, -0.2) is 18.0 Å². The van der Waals surface area contributed by atoms with Crippen molar-refractivity contribution in [1.29, 1.82) is 0 Å². The molecule has 2 aromatic carbocycles. The molecule has 0 heterocycles. The summed E-state index contributed by atoms with van der Waals surface area (Å²) in [4.78, 5) is 23.7. The van der Waals surface area contributed by atoms with Gasteiger partial charge in [-0.05, 0) is 48.9 Å². The fourth-order valence-electron chi connectivity index (χ4n) is 1.84. The minimum atomic E-state index is -1.01. The van der Waals surface area contributed by atoms with Gasteiger partial charge in [0.15, 0.2) is 6.10 Å². The molecule has 0 aromatic heterocycles. The Kier molecular flexibility index (Phi) is 5.41. The van der Waals surface area contributed by atoms with E-state index in [0.717, 1.165) is 0 Å². The average Bonchev–Trinajstić information content (AvgIpc) is 2.51. The van der Waals surface area contributed by atoms with Crippen LogP contribution in [0.5, 0.6) is 0 Å². The molecule has 6 heteroatoms. The van der Waals surface area contributed by atoms with Gasteiger partial charge in [-0.3, -0.25) is 9.59 Å². The number of carbonyl (C=O) groups excluding carboxylic acids is 2. The Labute approximate surface area is 132 Å². The van der Waals surface area contributed by atoms with Gasteiger partial charge in [-0.2, -0.15) is 0 Å². The van der Waals surface area contributed by atoms with Crippen LogP contribution in [0.15, 0.2) is 48.5 Å². The van der Waals surface area contributed by atoms with Crippen LogP contribution in [0.4, 0.5) is 14.5 Å². The number of hydrogen-bond donors (Lipinski definition) is 1. The number of anilines is 1. The Balaban J connectivity index is 1.86. The van der Waals surface area contributed by atoms with Crippen molar-refractivity contribution in [1.82, 2.24) is 0 Å². The number of ether oxygens (including phenoxy) is 1. The first-order valence-corrected chi connectivity index (χ1v) is 6.94. The first-order valence-electron chi connectivity index (χ1n) is 6.94. The van der Waals surface area contributed by atoms with E-state index in [4.69, 9.17) is 4.74 Å². The van der Waals surface area contributed by atoms with Crippen molar-refractivity contribution in [3.05, 3.63) is 65.7 Å². The maximum atomic E-state index is 12.8. The minimum Gasteiger partial charge on any atom is -0.452 e. The van der Waals surface area contributed by atoms with E-state index in [1.807, 2.05) is 0 Å². The maximum absolute atomic E-state index is 12.8. The normalized spacial score (nSPS) is 11.6. The lowest BCUT2D eigenvalue weighted by Gasteiger charge is -2.13. The molecule has 0 spiro atoms. The third kappa shape index (κ3) is 5.18. The molecule has 2 aromatic rings. The Morgan fingerprint density at radius 3 is 2.09 bits per heavy atom. The summed E-state index contributed by atoms with van der Waals surface area (Å²) in [6.45, 7) is 1.43. The van der Waals surface area contributed by atoms with Gasteiger partial charge in [-0.1, -0.05) is 12.1 Å². The van der Waals surface area contributed by atoms with Crippen molar-refractivity contribution >= 4 is 17.6 Å². The van der Waals surface area contributed by atoms with E-state index < -0.39 is 29.6 Å². The Morgan fingerprint density at radius 1 is 1.00 bits per heavy atom. The lowest BCUT2D eigenvalue weighted by Crippen LogP contribution is -2.30. The predicted molar refractivity (Wildman–Crippen MR) is 80.7 cm³/mol. The minimum absolute atomic E-state index is 0.0611. The fourth-order valence-corrected chi connectivity index (χ4v) is 1.84. The van der Waals surface area contributed by atoms with E-state index in [1.54, 1.807) is 0 Å². The highest BCUT2D eigenvalue weighted by Gasteiger charge is 2.18. The van der Waals surface area contributed by atoms with E-state index in [0.29, 0.717) is 11.3 Å². The molecule has 0 aliphatic rings. The van der Waals surface area contributed by atoms with Crippen molar-refractivity contribution in [2.75, 3.05) is 5.32 Å². The van der Waals surface area contributed by atoms with E-state index in [1.165, 1.54) is 55.5 Å². The molecule has 0 bridgehead atoms. The fraction of sp³-hybridized carbons (Fsp3) is 0.176. The summed E-state index contributed by atoms with van der Waals surface area (Å²) in [7, 11) is 0. The molecule has 1 atom stereocenters. The van der Waals surface area contributed by atoms with Gasteiger partial charge in [0.05, 0.1) is 6.42 Å². The molecule has 120 valence electrons. The van der Waals surface area contributed by atoms with Crippen molar-refractivity contribution in [3.8, 4) is 0 Å². The van der Waals surface area contributed by atoms with Gasteiger partial charge in [0, 0.05) is 5.69 Å². The van der Waals surface area contributed by atoms with Crippen LogP contribution >= 0.6 is 0 Å². The van der Waals surface area contributed by atoms with Crippen LogP contribution in [0.25, 0.3) is 0 Å². The molecular weight excluding hydrogens is 304 g/mol. The number of esters is 1. The summed E-state index contributed by atoms with van der Waals surface area (Å²) in [5, 5.41) is 2.51. The van der Waals surface area contributed by atoms with Gasteiger partial charge < -0.3 is 10.1 Å². The topological polar surface area (TPSA) is 55.4 Å². The van der Waals surface area contributed by atoms with Gasteiger partial charge in [0.25, 0.3) is 5.91 Å². The van der Waals surface area contributed by atoms with Crippen molar-refractivity contribution in [2.24, 2.45) is 0 Å². The first kappa shape index (κ1) is 16.6. The monoisotopic (exact) mass is 319 g/mol. The van der Waals surface area contributed by atoms with Gasteiger partial charge >= 0.3 is 5.97 Å². The van der Waals surface area contributed by atoms with Crippen molar-refractivity contribution < 1.29 is 23.1 Å². The SMILES string of the molecule is C[C@@H](OC(=O)Cc1ccc(F)cc1)C(=O)Nc1ccc(F)cc1. The molecule has 4 nitrogen and oxygen atoms in total. The number of nitrogens with one attached hydrogen (secondary N) is 1. The highest BCUT2D eigenvalue weighted by atomic mass is 19.1. The molecule has 0 aliphatic carbocycles. The van der Waals surface area contributed by atoms with Crippen LogP contribution in [0, 0.1) is 11.6 Å². The maximum Gasteiger partial charge on any atom is 0.311 e. The number of amides is 1. The van der Waals surface area contributed by atoms with Crippen LogP contribution in [0.2, 0.25) is 0 Å². The molecule has 0 aliphatic heterocycles. The van der Waals surface area contributed by atoms with E-state index in [-0.39, 0.29) is 6.42 Å². The molecule has 0 radical (unpaired) electrons. The van der Waals surface area contributed by atoms with Crippen LogP contribution < -0.4 is 5.32 Å². The van der Waals surface area contributed by atoms with Crippen molar-refractivity contribution in [2.45, 2.75) is 19.4 Å². The molecule has 0 saturated carbocycles. The zero-order valence-corrected chi connectivity index (χ0v) is 12.4. The number of carbonyl (C=O) groups is 2. The second-order valence-corrected chi connectivity index (χ2v) is 4.93. The predicted octanol–water partition coefficient (Wildman–Crippen LogP) is 3.08. The largest absolute Gasteiger partial charge is 0.452 e. The molecule has 1 N–H and O–H groups in total. The molecular formula is C17H15F2NO3. The highest BCUT2D eigenvalue weighted by Crippen LogP contribution is 2.10. The van der Waals surface area contributed by atoms with E-state index >= 15 is 0 Å². The lowest BCUT2D eigenvalue weighted by atomic mass is 10.1. The molecule has 0 unspecified atom stereocenters. The number of hydrogen-bond acceptors (Lipinski definition) is 3. The summed E-state index contributed by atoms with van der Waals surface area (Å²) >= 11 is 0. The summed E-state index contributed by atoms with van der Waals surface area (Å²) in [6.07, 6.45) is -1.07. The van der Waals surface area contributed by atoms with Gasteiger partial charge in [-0.15, -0.1) is 0 Å². The summed E-state index contributed by atoms with van der Waals surface area (Å²) in [5.41, 5.74) is 0.986. The zero-order chi connectivity index (χ0) is 16.8. The van der Waals surface area contributed by atoms with Gasteiger partial charge in [-0.25, -0.2) is 8.78 Å². The van der Waals surface area contributed by atoms with Crippen LogP contribution in [-0.2, 0) is 20.7 Å². The molecule has 0 fully saturated rings. The van der Waals surface area contributed by atoms with E-state index in [2.05, 4.69) is 5.32 Å². The molecule has 0 saturated heterocycles. The second-order valence-electron chi connectivity index (χ2n) is 4.93. The smallest absolute Gasteiger partial charge is 0.311 e. The molecule has 1 amide bonds. The van der Waals surface area contributed by atoms with E-state index in [9.17, 15) is 18.4 Å². The average molecular weight is 319 g/mol. The van der Waals surface area contributed by atoms with Crippen molar-refractivity contribution in [3.63, 3.8) is 0 Å². The number of benzene rings is 2. The second kappa shape index (κ2) is 7.49. The standard InChI is InChI=1S/C17H15F2NO3/c1-11(17(22)20-15-8-6-14(19)7-9-15)23-16(21)10-12-2-4-13(18)5-3-12/h2-9,11H,10H2,1H3,(H,20,22)/t11-/m1/s1. The van der Waals surface area contributed by atoms with Crippen LogP contribution in [0.3, 0.4) is 0 Å². The van der Waals surface area contributed by atoms with Gasteiger partial charge in [0.1, 0.15) is 11.6 Å². The summed E-state index contributed by atoms with van der Waals surface area (Å²) in [5.74, 6) is -1.93. The summed E-state index contributed by atoms with van der Waals surface area (Å²) in [6, 6.07) is 10.7. The molecule has 2 rings (SSSR count). The first-order chi connectivity index (χ1) is 10.9. The molecule has 23 heavy (non-hydrogen) atoms. The Morgan fingerprint density at radius 2 is 1.52 bits per heavy atom. The van der Waals surface area contributed by atoms with Gasteiger partial charge in [0.2, 0.25) is 0 Å². The number of rotatable bonds is 5. The lowest BCUT2D eigenvalue weighted by molar-refractivity contribution is -0.152.